The molecule has 0 radical (unpaired) electrons. The molecule has 3 rings (SSSR count). The van der Waals surface area contributed by atoms with Crippen LogP contribution in [0.25, 0.3) is 0 Å². The van der Waals surface area contributed by atoms with E-state index in [2.05, 4.69) is 25.3 Å². The van der Waals surface area contributed by atoms with Crippen molar-refractivity contribution in [1.82, 2.24) is 15.3 Å². The minimum absolute atomic E-state index is 0.0749. The minimum atomic E-state index is -3.91. The van der Waals surface area contributed by atoms with E-state index in [-0.39, 0.29) is 15.6 Å². The Bertz CT molecular complexity index is 1240. The molecule has 12 heteroatoms. The highest BCUT2D eigenvalue weighted by Crippen LogP contribution is 2.30. The SMILES string of the molecule is CC(C)NCCN(C)c1cc(F)ncc1Nc1ccc(S(=O)(=O)Nc2nccs2)cc1C#N. The number of nitrogens with one attached hydrogen (secondary N) is 3. The standard InChI is InChI=1S/C21H24FN7O2S2/c1-14(2)24-6-8-29(3)19-11-20(22)26-13-18(19)27-17-5-4-16(10-15(17)12-23)33(30,31)28-21-25-7-9-32-21/h4-5,7,9-11,13-14,24,27H,6,8H2,1-3H3,(H,25,28). The lowest BCUT2D eigenvalue weighted by Gasteiger charge is -2.24. The number of hydrogen-bond acceptors (Lipinski definition) is 9. The number of anilines is 4. The molecule has 33 heavy (non-hydrogen) atoms. The number of nitrogens with zero attached hydrogens (tertiary/aromatic N) is 4. The number of hydrogen-bond donors (Lipinski definition) is 3. The first-order valence-corrected chi connectivity index (χ1v) is 12.4. The summed E-state index contributed by atoms with van der Waals surface area (Å²) in [6.07, 6.45) is 2.83. The molecule has 2 heterocycles. The van der Waals surface area contributed by atoms with Gasteiger partial charge in [-0.1, -0.05) is 13.8 Å². The maximum atomic E-state index is 13.9. The molecule has 3 N–H and O–H groups in total. The molecule has 1 aromatic carbocycles. The Hall–Kier alpha value is -3.27. The van der Waals surface area contributed by atoms with E-state index in [1.54, 1.807) is 5.38 Å². The van der Waals surface area contributed by atoms with Crippen molar-refractivity contribution in [2.75, 3.05) is 35.1 Å². The summed E-state index contributed by atoms with van der Waals surface area (Å²) in [6.45, 7) is 5.39. The molecular formula is C21H24FN7O2S2. The number of sulfonamides is 1. The number of nitriles is 1. The van der Waals surface area contributed by atoms with Crippen LogP contribution in [0.2, 0.25) is 0 Å². The highest BCUT2D eigenvalue weighted by Gasteiger charge is 2.19. The van der Waals surface area contributed by atoms with E-state index in [1.165, 1.54) is 36.7 Å². The molecule has 0 amide bonds. The largest absolute Gasteiger partial charge is 0.371 e. The zero-order valence-corrected chi connectivity index (χ0v) is 20.0. The quantitative estimate of drug-likeness (QED) is 0.370. The van der Waals surface area contributed by atoms with E-state index in [4.69, 9.17) is 0 Å². The van der Waals surface area contributed by atoms with Gasteiger partial charge in [0.1, 0.15) is 6.07 Å². The molecule has 0 unspecified atom stereocenters. The van der Waals surface area contributed by atoms with Crippen molar-refractivity contribution in [2.45, 2.75) is 24.8 Å². The molecule has 3 aromatic rings. The highest BCUT2D eigenvalue weighted by molar-refractivity contribution is 7.93. The molecule has 0 aliphatic carbocycles. The number of rotatable bonds is 10. The van der Waals surface area contributed by atoms with E-state index in [9.17, 15) is 18.1 Å². The van der Waals surface area contributed by atoms with Crippen molar-refractivity contribution in [2.24, 2.45) is 0 Å². The summed E-state index contributed by atoms with van der Waals surface area (Å²) >= 11 is 1.15. The van der Waals surface area contributed by atoms with Crippen LogP contribution in [0.4, 0.5) is 26.6 Å². The lowest BCUT2D eigenvalue weighted by Crippen LogP contribution is -2.33. The lowest BCUT2D eigenvalue weighted by atomic mass is 10.2. The fourth-order valence-corrected chi connectivity index (χ4v) is 4.77. The molecule has 0 aliphatic rings. The number of likely N-dealkylation sites (N-methyl/N-ethyl adjacent to an activating group) is 1. The van der Waals surface area contributed by atoms with Gasteiger partial charge in [-0.3, -0.25) is 4.72 Å². The van der Waals surface area contributed by atoms with Crippen LogP contribution in [0, 0.1) is 17.3 Å². The molecule has 9 nitrogen and oxygen atoms in total. The van der Waals surface area contributed by atoms with E-state index in [0.29, 0.717) is 36.2 Å². The third-order valence-electron chi connectivity index (χ3n) is 4.60. The molecule has 0 bridgehead atoms. The topological polar surface area (TPSA) is 123 Å². The van der Waals surface area contributed by atoms with Crippen molar-refractivity contribution in [3.05, 3.63) is 53.6 Å². The van der Waals surface area contributed by atoms with Gasteiger partial charge in [-0.05, 0) is 18.2 Å². The lowest BCUT2D eigenvalue weighted by molar-refractivity contribution is 0.578. The maximum absolute atomic E-state index is 13.9. The summed E-state index contributed by atoms with van der Waals surface area (Å²) in [5.74, 6) is -0.630. The summed E-state index contributed by atoms with van der Waals surface area (Å²) in [5.41, 5.74) is 1.51. The van der Waals surface area contributed by atoms with Gasteiger partial charge in [0.05, 0.1) is 33.7 Å². The van der Waals surface area contributed by atoms with E-state index < -0.39 is 16.0 Å². The van der Waals surface area contributed by atoms with Crippen molar-refractivity contribution < 1.29 is 12.8 Å². The first-order chi connectivity index (χ1) is 15.7. The third kappa shape index (κ3) is 6.38. The predicted octanol–water partition coefficient (Wildman–Crippen LogP) is 3.53. The average Bonchev–Trinajstić information content (AvgIpc) is 3.27. The van der Waals surface area contributed by atoms with Crippen molar-refractivity contribution in [3.63, 3.8) is 0 Å². The zero-order valence-electron chi connectivity index (χ0n) is 18.3. The predicted molar refractivity (Wildman–Crippen MR) is 128 cm³/mol. The Morgan fingerprint density at radius 1 is 1.24 bits per heavy atom. The van der Waals surface area contributed by atoms with Crippen LogP contribution in [0.3, 0.4) is 0 Å². The Morgan fingerprint density at radius 3 is 2.70 bits per heavy atom. The summed E-state index contributed by atoms with van der Waals surface area (Å²) in [4.78, 5) is 9.42. The summed E-state index contributed by atoms with van der Waals surface area (Å²) in [5, 5.41) is 17.9. The Morgan fingerprint density at radius 2 is 2.03 bits per heavy atom. The van der Waals surface area contributed by atoms with Crippen LogP contribution in [0.1, 0.15) is 19.4 Å². The van der Waals surface area contributed by atoms with E-state index >= 15 is 0 Å². The minimum Gasteiger partial charge on any atom is -0.371 e. The van der Waals surface area contributed by atoms with Gasteiger partial charge in [-0.2, -0.15) is 9.65 Å². The number of thiazole rings is 1. The van der Waals surface area contributed by atoms with Gasteiger partial charge in [0.15, 0.2) is 5.13 Å². The first-order valence-electron chi connectivity index (χ1n) is 10.0. The van der Waals surface area contributed by atoms with Gasteiger partial charge in [-0.15, -0.1) is 11.3 Å². The zero-order chi connectivity index (χ0) is 24.0. The van der Waals surface area contributed by atoms with Gasteiger partial charge in [0.25, 0.3) is 10.0 Å². The van der Waals surface area contributed by atoms with Crippen LogP contribution < -0.4 is 20.3 Å². The molecule has 0 aliphatic heterocycles. The molecule has 0 saturated heterocycles. The number of pyridine rings is 1. The molecule has 0 fully saturated rings. The van der Waals surface area contributed by atoms with Crippen LogP contribution in [0.15, 0.2) is 46.9 Å². The second kappa shape index (κ2) is 10.6. The Balaban J connectivity index is 1.86. The summed E-state index contributed by atoms with van der Waals surface area (Å²) < 4.78 is 41.5. The molecule has 174 valence electrons. The first kappa shape index (κ1) is 24.4. The smallest absolute Gasteiger partial charge is 0.263 e. The fourth-order valence-electron chi connectivity index (χ4n) is 2.96. The van der Waals surface area contributed by atoms with Crippen LogP contribution in [-0.4, -0.2) is 44.6 Å². The normalized spacial score (nSPS) is 11.3. The number of aromatic nitrogens is 2. The monoisotopic (exact) mass is 489 g/mol. The average molecular weight is 490 g/mol. The van der Waals surface area contributed by atoms with Gasteiger partial charge in [0.2, 0.25) is 5.95 Å². The second-order valence-electron chi connectivity index (χ2n) is 7.44. The summed E-state index contributed by atoms with van der Waals surface area (Å²) in [6, 6.07) is 7.78. The van der Waals surface area contributed by atoms with Crippen LogP contribution >= 0.6 is 11.3 Å². The summed E-state index contributed by atoms with van der Waals surface area (Å²) in [7, 11) is -2.08. The Labute approximate surface area is 196 Å². The third-order valence-corrected chi connectivity index (χ3v) is 6.76. The molecular weight excluding hydrogens is 465 g/mol. The number of halogens is 1. The highest BCUT2D eigenvalue weighted by atomic mass is 32.2. The Kier molecular flexibility index (Phi) is 7.80. The number of benzene rings is 1. The molecule has 0 spiro atoms. The molecule has 0 atom stereocenters. The fraction of sp³-hybridized carbons (Fsp3) is 0.286. The molecule has 0 saturated carbocycles. The van der Waals surface area contributed by atoms with Crippen LogP contribution in [-0.2, 0) is 10.0 Å². The van der Waals surface area contributed by atoms with Gasteiger partial charge < -0.3 is 15.5 Å². The molecule has 2 aromatic heterocycles. The van der Waals surface area contributed by atoms with Crippen molar-refractivity contribution in [1.29, 1.82) is 5.26 Å². The van der Waals surface area contributed by atoms with E-state index in [0.717, 1.165) is 11.3 Å². The van der Waals surface area contributed by atoms with Gasteiger partial charge >= 0.3 is 0 Å². The van der Waals surface area contributed by atoms with Crippen molar-refractivity contribution in [3.8, 4) is 6.07 Å². The van der Waals surface area contributed by atoms with Gasteiger partial charge in [-0.25, -0.2) is 18.4 Å². The van der Waals surface area contributed by atoms with Gasteiger partial charge in [0, 0.05) is 43.8 Å². The maximum Gasteiger partial charge on any atom is 0.263 e. The van der Waals surface area contributed by atoms with Crippen molar-refractivity contribution >= 4 is 43.6 Å². The van der Waals surface area contributed by atoms with Crippen LogP contribution in [0.5, 0.6) is 0 Å². The second-order valence-corrected chi connectivity index (χ2v) is 10.0. The van der Waals surface area contributed by atoms with E-state index in [1.807, 2.05) is 31.9 Å².